The molecule has 0 bridgehead atoms. The Labute approximate surface area is 247 Å². The Morgan fingerprint density at radius 2 is 1.51 bits per heavy atom. The van der Waals surface area contributed by atoms with Gasteiger partial charge in [0.2, 0.25) is 0 Å². The van der Waals surface area contributed by atoms with Crippen LogP contribution in [0.5, 0.6) is 5.75 Å². The van der Waals surface area contributed by atoms with Crippen LogP contribution in [0.3, 0.4) is 0 Å². The Hall–Kier alpha value is -2.82. The monoisotopic (exact) mass is 553 g/mol. The summed E-state index contributed by atoms with van der Waals surface area (Å²) in [5.74, 6) is 2.32. The van der Waals surface area contributed by atoms with Crippen LogP contribution in [-0.4, -0.2) is 39.2 Å². The minimum absolute atomic E-state index is 0.0477. The summed E-state index contributed by atoms with van der Waals surface area (Å²) in [4.78, 5) is 2.59. The van der Waals surface area contributed by atoms with E-state index in [4.69, 9.17) is 14.2 Å². The molecule has 1 heterocycles. The lowest BCUT2D eigenvalue weighted by Crippen LogP contribution is -2.50. The maximum Gasteiger partial charge on any atom is 0.159 e. The molecule has 0 amide bonds. The molecule has 0 radical (unpaired) electrons. The molecule has 2 fully saturated rings. The number of ether oxygens (including phenoxy) is 3. The van der Waals surface area contributed by atoms with Crippen LogP contribution >= 0.6 is 0 Å². The molecule has 3 aliphatic rings. The van der Waals surface area contributed by atoms with Gasteiger partial charge in [-0.3, -0.25) is 0 Å². The summed E-state index contributed by atoms with van der Waals surface area (Å²) in [7, 11) is 3.52. The SMILES string of the molecule is COC(OC)C1CC2(CCN(c3ccc([C@@H]4c5ccc(OC(C)(C)C)cc5CC[C@@H]4c4ccccc4)cc3)CC2)C1. The molecule has 1 spiro atoms. The molecule has 2 atom stereocenters. The number of hydrogen-bond donors (Lipinski definition) is 0. The van der Waals surface area contributed by atoms with Crippen molar-refractivity contribution in [2.45, 2.75) is 83.0 Å². The number of nitrogens with zero attached hydrogens (tertiary/aromatic N) is 1. The average molecular weight is 554 g/mol. The summed E-state index contributed by atoms with van der Waals surface area (Å²) in [6, 6.07) is 27.5. The summed E-state index contributed by atoms with van der Waals surface area (Å²) >= 11 is 0. The van der Waals surface area contributed by atoms with Gasteiger partial charge < -0.3 is 19.1 Å². The molecule has 1 aliphatic heterocycles. The van der Waals surface area contributed by atoms with Gasteiger partial charge in [0.15, 0.2) is 6.29 Å². The first kappa shape index (κ1) is 28.3. The zero-order valence-electron chi connectivity index (χ0n) is 25.6. The van der Waals surface area contributed by atoms with Crippen molar-refractivity contribution in [3.05, 3.63) is 95.1 Å². The molecule has 3 aromatic carbocycles. The number of rotatable bonds is 7. The fourth-order valence-electron chi connectivity index (χ4n) is 7.95. The molecule has 1 saturated heterocycles. The highest BCUT2D eigenvalue weighted by Gasteiger charge is 2.48. The van der Waals surface area contributed by atoms with E-state index >= 15 is 0 Å². The van der Waals surface area contributed by atoms with Gasteiger partial charge in [-0.2, -0.15) is 0 Å². The van der Waals surface area contributed by atoms with Gasteiger partial charge in [0, 0.05) is 44.8 Å². The zero-order chi connectivity index (χ0) is 28.6. The number of piperidine rings is 1. The Kier molecular flexibility index (Phi) is 7.91. The lowest BCUT2D eigenvalue weighted by atomic mass is 9.57. The van der Waals surface area contributed by atoms with Crippen LogP contribution in [-0.2, 0) is 15.9 Å². The van der Waals surface area contributed by atoms with Gasteiger partial charge in [0.05, 0.1) is 0 Å². The molecule has 4 nitrogen and oxygen atoms in total. The summed E-state index contributed by atoms with van der Waals surface area (Å²) in [5.41, 5.74) is 7.37. The van der Waals surface area contributed by atoms with E-state index in [1.807, 2.05) is 0 Å². The highest BCUT2D eigenvalue weighted by Crippen LogP contribution is 2.54. The van der Waals surface area contributed by atoms with Crippen molar-refractivity contribution in [3.8, 4) is 5.75 Å². The fraction of sp³-hybridized carbons (Fsp3) is 0.514. The predicted octanol–water partition coefficient (Wildman–Crippen LogP) is 8.34. The average Bonchev–Trinajstić information content (AvgIpc) is 2.96. The summed E-state index contributed by atoms with van der Waals surface area (Å²) in [5, 5.41) is 0. The molecule has 0 N–H and O–H groups in total. The molecule has 41 heavy (non-hydrogen) atoms. The first-order valence-corrected chi connectivity index (χ1v) is 15.5. The smallest absolute Gasteiger partial charge is 0.159 e. The minimum Gasteiger partial charge on any atom is -0.488 e. The summed E-state index contributed by atoms with van der Waals surface area (Å²) in [6.45, 7) is 8.61. The van der Waals surface area contributed by atoms with Gasteiger partial charge in [-0.05, 0) is 117 Å². The van der Waals surface area contributed by atoms with Gasteiger partial charge in [-0.1, -0.05) is 48.5 Å². The van der Waals surface area contributed by atoms with Gasteiger partial charge in [-0.25, -0.2) is 0 Å². The largest absolute Gasteiger partial charge is 0.488 e. The van der Waals surface area contributed by atoms with E-state index in [1.165, 1.54) is 53.6 Å². The van der Waals surface area contributed by atoms with E-state index in [9.17, 15) is 0 Å². The molecule has 218 valence electrons. The van der Waals surface area contributed by atoms with Crippen molar-refractivity contribution >= 4 is 5.69 Å². The summed E-state index contributed by atoms with van der Waals surface area (Å²) in [6.07, 6.45) is 7.16. The molecular formula is C37H47NO3. The second-order valence-electron chi connectivity index (χ2n) is 13.7. The van der Waals surface area contributed by atoms with Crippen LogP contribution in [0.4, 0.5) is 5.69 Å². The van der Waals surface area contributed by atoms with Crippen LogP contribution in [0, 0.1) is 11.3 Å². The molecule has 0 aromatic heterocycles. The van der Waals surface area contributed by atoms with Crippen molar-refractivity contribution < 1.29 is 14.2 Å². The Morgan fingerprint density at radius 3 is 2.15 bits per heavy atom. The second-order valence-corrected chi connectivity index (χ2v) is 13.7. The first-order chi connectivity index (χ1) is 19.8. The van der Waals surface area contributed by atoms with Gasteiger partial charge >= 0.3 is 0 Å². The highest BCUT2D eigenvalue weighted by atomic mass is 16.7. The van der Waals surface area contributed by atoms with Gasteiger partial charge in [0.1, 0.15) is 11.4 Å². The van der Waals surface area contributed by atoms with E-state index < -0.39 is 0 Å². The van der Waals surface area contributed by atoms with E-state index in [0.29, 0.717) is 23.2 Å². The number of fused-ring (bicyclic) bond motifs is 1. The number of benzene rings is 3. The third-order valence-corrected chi connectivity index (χ3v) is 9.91. The number of hydrogen-bond acceptors (Lipinski definition) is 4. The molecule has 3 aromatic rings. The quantitative estimate of drug-likeness (QED) is 0.275. The van der Waals surface area contributed by atoms with Crippen molar-refractivity contribution in [2.24, 2.45) is 11.3 Å². The standard InChI is InChI=1S/C37H47NO3/c1-36(2,3)41-31-16-18-33-28(23-31)13-17-32(26-9-7-6-8-10-26)34(33)27-11-14-30(15-12-27)38-21-19-37(20-22-38)24-29(25-37)35(39-4)40-5/h6-12,14-16,18,23,29,32,34-35H,13,17,19-22,24-25H2,1-5H3/t32-,34+/m1/s1. The number of methoxy groups -OCH3 is 2. The Morgan fingerprint density at radius 1 is 0.829 bits per heavy atom. The van der Waals surface area contributed by atoms with Crippen LogP contribution in [0.2, 0.25) is 0 Å². The van der Waals surface area contributed by atoms with Crippen LogP contribution < -0.4 is 9.64 Å². The van der Waals surface area contributed by atoms with E-state index in [2.05, 4.69) is 98.5 Å². The lowest BCUT2D eigenvalue weighted by Gasteiger charge is -2.54. The molecule has 0 unspecified atom stereocenters. The van der Waals surface area contributed by atoms with Crippen molar-refractivity contribution in [1.82, 2.24) is 0 Å². The van der Waals surface area contributed by atoms with E-state index in [-0.39, 0.29) is 11.9 Å². The third kappa shape index (κ3) is 5.92. The zero-order valence-corrected chi connectivity index (χ0v) is 25.6. The third-order valence-electron chi connectivity index (χ3n) is 9.91. The predicted molar refractivity (Wildman–Crippen MR) is 167 cm³/mol. The lowest BCUT2D eigenvalue weighted by molar-refractivity contribution is -0.184. The molecule has 6 rings (SSSR count). The highest BCUT2D eigenvalue weighted by molar-refractivity contribution is 5.53. The molecule has 4 heteroatoms. The Balaban J connectivity index is 1.20. The topological polar surface area (TPSA) is 30.9 Å². The van der Waals surface area contributed by atoms with Gasteiger partial charge in [-0.15, -0.1) is 0 Å². The van der Waals surface area contributed by atoms with Crippen molar-refractivity contribution in [2.75, 3.05) is 32.2 Å². The minimum atomic E-state index is -0.199. The number of aryl methyl sites for hydroxylation is 1. The van der Waals surface area contributed by atoms with Crippen LogP contribution in [0.15, 0.2) is 72.8 Å². The first-order valence-electron chi connectivity index (χ1n) is 15.5. The molecular weight excluding hydrogens is 506 g/mol. The molecule has 1 saturated carbocycles. The summed E-state index contributed by atoms with van der Waals surface area (Å²) < 4.78 is 17.3. The van der Waals surface area contributed by atoms with Gasteiger partial charge in [0.25, 0.3) is 0 Å². The second kappa shape index (κ2) is 11.5. The fourth-order valence-corrected chi connectivity index (χ4v) is 7.95. The maximum absolute atomic E-state index is 6.24. The number of anilines is 1. The van der Waals surface area contributed by atoms with Crippen LogP contribution in [0.25, 0.3) is 0 Å². The van der Waals surface area contributed by atoms with Crippen molar-refractivity contribution in [1.29, 1.82) is 0 Å². The normalized spacial score (nSPS) is 22.4. The van der Waals surface area contributed by atoms with Crippen molar-refractivity contribution in [3.63, 3.8) is 0 Å². The van der Waals surface area contributed by atoms with Crippen LogP contribution in [0.1, 0.15) is 87.0 Å². The Bertz CT molecular complexity index is 1290. The molecule has 2 aliphatic carbocycles. The van der Waals surface area contributed by atoms with E-state index in [0.717, 1.165) is 31.7 Å². The van der Waals surface area contributed by atoms with E-state index in [1.54, 1.807) is 14.2 Å². The maximum atomic E-state index is 6.24.